The van der Waals surface area contributed by atoms with Gasteiger partial charge in [0.2, 0.25) is 6.41 Å². The van der Waals surface area contributed by atoms with E-state index in [9.17, 15) is 18.7 Å². The molecule has 8 rings (SSSR count). The lowest BCUT2D eigenvalue weighted by Gasteiger charge is -2.50. The second-order valence-corrected chi connectivity index (χ2v) is 14.1. The Bertz CT molecular complexity index is 1990. The van der Waals surface area contributed by atoms with Crippen LogP contribution in [0.2, 0.25) is 0 Å². The van der Waals surface area contributed by atoms with E-state index in [1.165, 1.54) is 24.3 Å². The number of rotatable bonds is 6. The number of phenols is 1. The van der Waals surface area contributed by atoms with Crippen molar-refractivity contribution in [1.29, 1.82) is 0 Å². The van der Waals surface area contributed by atoms with Gasteiger partial charge in [0.15, 0.2) is 5.82 Å². The van der Waals surface area contributed by atoms with E-state index < -0.39 is 23.3 Å². The Morgan fingerprint density at radius 1 is 1.04 bits per heavy atom. The Hall–Kier alpha value is -4.56. The number of carbonyl (C=O) groups is 1. The molecule has 5 heterocycles. The molecule has 0 bridgehead atoms. The number of nitrogens with zero attached hydrogens (tertiary/aromatic N) is 5. The third kappa shape index (κ3) is 5.00. The molecule has 1 N–H and O–H groups in total. The molecule has 0 saturated carbocycles. The molecule has 0 unspecified atom stereocenters. The molecule has 11 heteroatoms. The van der Waals surface area contributed by atoms with Crippen LogP contribution in [0.5, 0.6) is 11.8 Å². The van der Waals surface area contributed by atoms with E-state index in [4.69, 9.17) is 16.1 Å². The van der Waals surface area contributed by atoms with Gasteiger partial charge in [-0.2, -0.15) is 9.97 Å². The lowest BCUT2D eigenvalue weighted by atomic mass is 9.76. The van der Waals surface area contributed by atoms with Crippen LogP contribution in [-0.2, 0) is 4.79 Å². The molecule has 2 atom stereocenters. The maximum absolute atomic E-state index is 17.0. The summed E-state index contributed by atoms with van der Waals surface area (Å²) in [5.74, 6) is 1.48. The molecule has 4 aromatic rings. The molecular weight excluding hydrogens is 619 g/mol. The third-order valence-corrected chi connectivity index (χ3v) is 10.9. The standard InChI is InChI=1S/C37H36F3N5O3/c1-2-26-30(39)9-6-23-14-25(47)15-29(31(23)26)27-7-8-28-33(32(27)40)41-35(48-21-37-11-5-13-45(37)17-24(38)16-37)42-34(28)44-12-4-3-10-36(20-44)18-43(19-36)22-46/h1,6-9,14-15,22,24,47H,3-5,10-13,16-21H2/t24-,37+/m1/s1. The van der Waals surface area contributed by atoms with Gasteiger partial charge in [-0.15, -0.1) is 6.42 Å². The lowest BCUT2D eigenvalue weighted by Crippen LogP contribution is -2.59. The number of anilines is 1. The van der Waals surface area contributed by atoms with Crippen LogP contribution < -0.4 is 9.64 Å². The summed E-state index contributed by atoms with van der Waals surface area (Å²) in [5, 5.41) is 11.8. The second kappa shape index (κ2) is 11.5. The Labute approximate surface area is 276 Å². The minimum Gasteiger partial charge on any atom is -0.508 e. The summed E-state index contributed by atoms with van der Waals surface area (Å²) in [6, 6.07) is 8.89. The number of phenolic OH excluding ortho intramolecular Hbond substituents is 1. The number of likely N-dealkylation sites (tertiary alicyclic amines) is 1. The molecular formula is C37H36F3N5O3. The highest BCUT2D eigenvalue weighted by Gasteiger charge is 2.49. The van der Waals surface area contributed by atoms with Gasteiger partial charge in [0.25, 0.3) is 0 Å². The van der Waals surface area contributed by atoms with Gasteiger partial charge >= 0.3 is 6.01 Å². The highest BCUT2D eigenvalue weighted by atomic mass is 19.1. The summed E-state index contributed by atoms with van der Waals surface area (Å²) in [7, 11) is 0. The SMILES string of the molecule is C#Cc1c(F)ccc2cc(O)cc(-c3ccc4c(N5CCCCC6(CN(C=O)C6)C5)nc(OC[C@@]56CCCN5C[C@H](F)C6)nc4c3F)c12. The molecule has 1 amide bonds. The van der Waals surface area contributed by atoms with Crippen molar-refractivity contribution >= 4 is 33.9 Å². The fourth-order valence-corrected chi connectivity index (χ4v) is 8.76. The molecule has 4 saturated heterocycles. The zero-order valence-corrected chi connectivity index (χ0v) is 26.5. The predicted octanol–water partition coefficient (Wildman–Crippen LogP) is 5.82. The van der Waals surface area contributed by atoms with Crippen molar-refractivity contribution in [3.05, 3.63) is 53.6 Å². The van der Waals surface area contributed by atoms with Crippen molar-refractivity contribution in [3.63, 3.8) is 0 Å². The van der Waals surface area contributed by atoms with Crippen LogP contribution in [0.4, 0.5) is 19.0 Å². The van der Waals surface area contributed by atoms with Crippen molar-refractivity contribution < 1.29 is 27.8 Å². The number of carbonyl (C=O) groups excluding carboxylic acids is 1. The minimum atomic E-state index is -0.932. The van der Waals surface area contributed by atoms with Crippen LogP contribution in [-0.4, -0.2) is 88.9 Å². The molecule has 1 spiro atoms. The average molecular weight is 656 g/mol. The molecule has 248 valence electrons. The van der Waals surface area contributed by atoms with Crippen molar-refractivity contribution in [3.8, 4) is 35.2 Å². The van der Waals surface area contributed by atoms with Crippen molar-refractivity contribution in [2.24, 2.45) is 5.41 Å². The summed E-state index contributed by atoms with van der Waals surface area (Å²) in [6.07, 6.45) is 10.6. The second-order valence-electron chi connectivity index (χ2n) is 14.1. The van der Waals surface area contributed by atoms with Crippen LogP contribution in [0.15, 0.2) is 36.4 Å². The van der Waals surface area contributed by atoms with Crippen molar-refractivity contribution in [1.82, 2.24) is 19.8 Å². The Morgan fingerprint density at radius 3 is 2.71 bits per heavy atom. The fraction of sp³-hybridized carbons (Fsp3) is 0.432. The van der Waals surface area contributed by atoms with E-state index in [2.05, 4.69) is 20.7 Å². The normalized spacial score (nSPS) is 23.7. The number of aromatic nitrogens is 2. The summed E-state index contributed by atoms with van der Waals surface area (Å²) >= 11 is 0. The number of benzene rings is 3. The Balaban J connectivity index is 1.27. The first kappa shape index (κ1) is 30.8. The summed E-state index contributed by atoms with van der Waals surface area (Å²) in [4.78, 5) is 27.0. The van der Waals surface area contributed by atoms with Crippen LogP contribution in [0.1, 0.15) is 44.1 Å². The number of hydrogen-bond donors (Lipinski definition) is 1. The van der Waals surface area contributed by atoms with Crippen molar-refractivity contribution in [2.45, 2.75) is 50.2 Å². The number of terminal acetylenes is 1. The number of hydrogen-bond acceptors (Lipinski definition) is 7. The van der Waals surface area contributed by atoms with Crippen LogP contribution in [0.25, 0.3) is 32.8 Å². The van der Waals surface area contributed by atoms with E-state index in [1.54, 1.807) is 17.0 Å². The smallest absolute Gasteiger partial charge is 0.319 e. The highest BCUT2D eigenvalue weighted by Crippen LogP contribution is 2.44. The number of aromatic hydroxyl groups is 1. The van der Waals surface area contributed by atoms with Crippen molar-refractivity contribution in [2.75, 3.05) is 50.8 Å². The first-order valence-electron chi connectivity index (χ1n) is 16.6. The molecule has 8 nitrogen and oxygen atoms in total. The first-order valence-corrected chi connectivity index (χ1v) is 16.6. The quantitative estimate of drug-likeness (QED) is 0.207. The van der Waals surface area contributed by atoms with E-state index >= 15 is 4.39 Å². The first-order chi connectivity index (χ1) is 23.2. The van der Waals surface area contributed by atoms with Gasteiger partial charge in [0, 0.05) is 60.9 Å². The van der Waals surface area contributed by atoms with Gasteiger partial charge in [-0.1, -0.05) is 24.5 Å². The summed E-state index contributed by atoms with van der Waals surface area (Å²) in [5.41, 5.74) is -0.237. The van der Waals surface area contributed by atoms with Gasteiger partial charge in [-0.25, -0.2) is 13.2 Å². The minimum absolute atomic E-state index is 0.00497. The molecule has 3 aromatic carbocycles. The molecule has 48 heavy (non-hydrogen) atoms. The predicted molar refractivity (Wildman–Crippen MR) is 177 cm³/mol. The zero-order valence-electron chi connectivity index (χ0n) is 26.5. The fourth-order valence-electron chi connectivity index (χ4n) is 8.76. The van der Waals surface area contributed by atoms with Gasteiger partial charge in [-0.3, -0.25) is 9.69 Å². The lowest BCUT2D eigenvalue weighted by molar-refractivity contribution is -0.129. The van der Waals surface area contributed by atoms with E-state index in [0.29, 0.717) is 61.1 Å². The molecule has 0 aliphatic carbocycles. The molecule has 0 radical (unpaired) electrons. The zero-order chi connectivity index (χ0) is 33.2. The van der Waals surface area contributed by atoms with Gasteiger partial charge < -0.3 is 19.6 Å². The molecule has 4 aliphatic rings. The van der Waals surface area contributed by atoms with Gasteiger partial charge in [0.1, 0.15) is 35.7 Å². The van der Waals surface area contributed by atoms with Crippen LogP contribution >= 0.6 is 0 Å². The van der Waals surface area contributed by atoms with Gasteiger partial charge in [0.05, 0.1) is 11.1 Å². The Morgan fingerprint density at radius 2 is 1.90 bits per heavy atom. The highest BCUT2D eigenvalue weighted by molar-refractivity contribution is 6.04. The number of halogens is 3. The number of fused-ring (bicyclic) bond motifs is 3. The van der Waals surface area contributed by atoms with Crippen LogP contribution in [0, 0.1) is 29.4 Å². The third-order valence-electron chi connectivity index (χ3n) is 10.9. The topological polar surface area (TPSA) is 82.0 Å². The van der Waals surface area contributed by atoms with Gasteiger partial charge in [-0.05, 0) is 67.4 Å². The number of alkyl halides is 1. The van der Waals surface area contributed by atoms with Crippen LogP contribution in [0.3, 0.4) is 0 Å². The number of ether oxygens (including phenoxy) is 1. The monoisotopic (exact) mass is 655 g/mol. The summed E-state index contributed by atoms with van der Waals surface area (Å²) < 4.78 is 52.7. The number of amides is 1. The maximum Gasteiger partial charge on any atom is 0.319 e. The van der Waals surface area contributed by atoms with E-state index in [1.807, 2.05) is 0 Å². The average Bonchev–Trinajstić information content (AvgIpc) is 3.48. The Kier molecular flexibility index (Phi) is 7.40. The molecule has 4 aliphatic heterocycles. The van der Waals surface area contributed by atoms with E-state index in [0.717, 1.165) is 45.1 Å². The maximum atomic E-state index is 17.0. The molecule has 1 aromatic heterocycles. The largest absolute Gasteiger partial charge is 0.508 e. The molecule has 4 fully saturated rings. The van der Waals surface area contributed by atoms with E-state index in [-0.39, 0.29) is 46.0 Å². The summed E-state index contributed by atoms with van der Waals surface area (Å²) in [6.45, 7) is 3.98.